The first-order valence-electron chi connectivity index (χ1n) is 21.9. The van der Waals surface area contributed by atoms with Crippen molar-refractivity contribution < 1.29 is 0 Å². The van der Waals surface area contributed by atoms with Gasteiger partial charge in [-0.3, -0.25) is 0 Å². The first kappa shape index (κ1) is 44.5. The summed E-state index contributed by atoms with van der Waals surface area (Å²) >= 11 is 0. The molecule has 0 radical (unpaired) electrons. The van der Waals surface area contributed by atoms with Crippen molar-refractivity contribution in [2.75, 3.05) is 0 Å². The van der Waals surface area contributed by atoms with Gasteiger partial charge < -0.3 is 13.7 Å². The maximum absolute atomic E-state index is 3.51. The fraction of sp³-hybridized carbons (Fsp3) is 0.193. The molecule has 0 atom stereocenters. The fourth-order valence-electron chi connectivity index (χ4n) is 7.97. The number of para-hydroxylation sites is 3. The van der Waals surface area contributed by atoms with E-state index in [0.717, 1.165) is 30.6 Å². The van der Waals surface area contributed by atoms with Crippen molar-refractivity contribution in [3.8, 4) is 11.4 Å². The highest BCUT2D eigenvalue weighted by atomic mass is 15.0. The second kappa shape index (κ2) is 22.0. The molecule has 0 unspecified atom stereocenters. The minimum Gasteiger partial charge on any atom is -0.317 e. The van der Waals surface area contributed by atoms with Crippen molar-refractivity contribution in [1.82, 2.24) is 13.7 Å². The van der Waals surface area contributed by atoms with Crippen LogP contribution in [0.15, 0.2) is 189 Å². The van der Waals surface area contributed by atoms with E-state index in [1.807, 2.05) is 54.5 Å². The van der Waals surface area contributed by atoms with Crippen LogP contribution in [-0.4, -0.2) is 13.7 Å². The summed E-state index contributed by atoms with van der Waals surface area (Å²) in [6.45, 7) is 22.9. The van der Waals surface area contributed by atoms with Crippen LogP contribution in [0.25, 0.3) is 82.4 Å². The van der Waals surface area contributed by atoms with Crippen LogP contribution in [0.5, 0.6) is 0 Å². The Morgan fingerprint density at radius 2 is 1.00 bits per heavy atom. The molecule has 6 aromatic carbocycles. The van der Waals surface area contributed by atoms with Crippen LogP contribution in [0, 0.1) is 0 Å². The van der Waals surface area contributed by atoms with E-state index in [1.54, 1.807) is 12.2 Å². The van der Waals surface area contributed by atoms with Gasteiger partial charge in [0.05, 0.1) is 27.6 Å². The minimum absolute atomic E-state index is 1.10. The molecule has 3 heterocycles. The van der Waals surface area contributed by atoms with Crippen LogP contribution >= 0.6 is 0 Å². The van der Waals surface area contributed by atoms with Gasteiger partial charge in [-0.05, 0) is 104 Å². The zero-order chi connectivity index (χ0) is 43.0. The fourth-order valence-corrected chi connectivity index (χ4v) is 7.97. The smallest absolute Gasteiger partial charge is 0.0547 e. The Bertz CT molecular complexity index is 2850. The number of fused-ring (bicyclic) bond motifs is 10. The molecular formula is C57H63N3. The Kier molecular flexibility index (Phi) is 16.3. The van der Waals surface area contributed by atoms with Gasteiger partial charge in [-0.1, -0.05) is 158 Å². The molecule has 1 aliphatic carbocycles. The van der Waals surface area contributed by atoms with Crippen LogP contribution in [0.4, 0.5) is 0 Å². The largest absolute Gasteiger partial charge is 0.317 e. The summed E-state index contributed by atoms with van der Waals surface area (Å²) in [6, 6.07) is 46.8. The number of allylic oxidation sites excluding steroid dienone is 8. The lowest BCUT2D eigenvalue weighted by Gasteiger charge is -2.12. The molecule has 3 aromatic heterocycles. The van der Waals surface area contributed by atoms with E-state index >= 15 is 0 Å². The van der Waals surface area contributed by atoms with Crippen molar-refractivity contribution in [2.45, 2.75) is 74.7 Å². The van der Waals surface area contributed by atoms with Crippen LogP contribution in [0.2, 0.25) is 0 Å². The predicted octanol–water partition coefficient (Wildman–Crippen LogP) is 17.6. The maximum Gasteiger partial charge on any atom is 0.0547 e. The third-order valence-electron chi connectivity index (χ3n) is 10.2. The van der Waals surface area contributed by atoms with E-state index in [9.17, 15) is 0 Å². The summed E-state index contributed by atoms with van der Waals surface area (Å²) < 4.78 is 7.13. The summed E-state index contributed by atoms with van der Waals surface area (Å²) in [5.74, 6) is 0. The van der Waals surface area contributed by atoms with Gasteiger partial charge in [0.1, 0.15) is 0 Å². The zero-order valence-electron chi connectivity index (χ0n) is 37.1. The third kappa shape index (κ3) is 8.72. The summed E-state index contributed by atoms with van der Waals surface area (Å²) in [5, 5.41) is 9.03. The lowest BCUT2D eigenvalue weighted by atomic mass is 10.0. The van der Waals surface area contributed by atoms with E-state index in [4.69, 9.17) is 0 Å². The van der Waals surface area contributed by atoms with Gasteiger partial charge in [0.15, 0.2) is 0 Å². The van der Waals surface area contributed by atoms with Crippen molar-refractivity contribution in [2.24, 2.45) is 0 Å². The molecule has 3 heteroatoms. The molecule has 0 spiro atoms. The molecule has 9 aromatic rings. The summed E-state index contributed by atoms with van der Waals surface area (Å²) in [7, 11) is 0. The van der Waals surface area contributed by atoms with E-state index < -0.39 is 0 Å². The lowest BCUT2D eigenvalue weighted by molar-refractivity contribution is 1.01. The molecule has 0 N–H and O–H groups in total. The molecule has 0 bridgehead atoms. The Morgan fingerprint density at radius 1 is 0.517 bits per heavy atom. The summed E-state index contributed by atoms with van der Waals surface area (Å²) in [4.78, 5) is 0. The molecule has 0 saturated heterocycles. The average molecular weight is 790 g/mol. The lowest BCUT2D eigenvalue weighted by Crippen LogP contribution is -1.97. The third-order valence-corrected chi connectivity index (χ3v) is 10.2. The monoisotopic (exact) mass is 790 g/mol. The zero-order valence-corrected chi connectivity index (χ0v) is 37.1. The summed E-state index contributed by atoms with van der Waals surface area (Å²) in [5.41, 5.74) is 9.74. The van der Waals surface area contributed by atoms with E-state index in [-0.39, 0.29) is 0 Å². The van der Waals surface area contributed by atoms with Crippen LogP contribution in [0.1, 0.15) is 74.7 Å². The standard InChI is InChI=1S/C42H29N3.C6H10.C3H6.3C2H6/c1-2-10-28(11-3-1)43-27-26-34-31-22-25-41-42(35(31)23-24-37(34)43)36-14-6-9-17-40(36)45(41)30-20-18-29(19-21-30)44-38-15-7-4-12-32(38)33-13-5-8-16-39(33)44;1-3-5-6-4-2;1-3-2;3*1-2/h2,4-27H,1,3H2;3,5-6H,1,4H2,2H3;3H,1H2,2H3;3*1-2H3/b;6-5-;;;;. The molecule has 0 fully saturated rings. The number of rotatable bonds is 5. The van der Waals surface area contributed by atoms with Crippen LogP contribution in [0.3, 0.4) is 0 Å². The minimum atomic E-state index is 1.10. The Morgan fingerprint density at radius 3 is 1.52 bits per heavy atom. The Labute approximate surface area is 358 Å². The van der Waals surface area contributed by atoms with Gasteiger partial charge in [0.2, 0.25) is 0 Å². The average Bonchev–Trinajstić information content (AvgIpc) is 4.02. The van der Waals surface area contributed by atoms with Crippen molar-refractivity contribution >= 4 is 71.0 Å². The van der Waals surface area contributed by atoms with Gasteiger partial charge in [-0.25, -0.2) is 0 Å². The maximum atomic E-state index is 3.51. The molecule has 306 valence electrons. The first-order chi connectivity index (χ1) is 29.7. The molecule has 0 aliphatic heterocycles. The quantitative estimate of drug-likeness (QED) is 0.122. The topological polar surface area (TPSA) is 14.8 Å². The van der Waals surface area contributed by atoms with Gasteiger partial charge in [-0.15, -0.1) is 6.58 Å². The van der Waals surface area contributed by atoms with Gasteiger partial charge in [-0.2, -0.15) is 0 Å². The first-order valence-corrected chi connectivity index (χ1v) is 21.9. The van der Waals surface area contributed by atoms with Crippen molar-refractivity contribution in [3.05, 3.63) is 189 Å². The molecule has 60 heavy (non-hydrogen) atoms. The van der Waals surface area contributed by atoms with E-state index in [2.05, 4.69) is 192 Å². The number of hydrogen-bond donors (Lipinski definition) is 0. The normalized spacial score (nSPS) is 11.7. The molecule has 0 saturated carbocycles. The highest BCUT2D eigenvalue weighted by Crippen LogP contribution is 2.40. The second-order valence-corrected chi connectivity index (χ2v) is 13.6. The van der Waals surface area contributed by atoms with Crippen LogP contribution in [-0.2, 0) is 0 Å². The second-order valence-electron chi connectivity index (χ2n) is 13.6. The highest BCUT2D eigenvalue weighted by Gasteiger charge is 2.18. The molecular weight excluding hydrogens is 727 g/mol. The van der Waals surface area contributed by atoms with Gasteiger partial charge in [0.25, 0.3) is 0 Å². The number of nitrogens with zero attached hydrogens (tertiary/aromatic N) is 3. The molecule has 0 amide bonds. The van der Waals surface area contributed by atoms with Crippen LogP contribution < -0.4 is 0 Å². The number of benzene rings is 6. The molecule has 10 rings (SSSR count). The van der Waals surface area contributed by atoms with Crippen molar-refractivity contribution in [3.63, 3.8) is 0 Å². The predicted molar refractivity (Wildman–Crippen MR) is 270 cm³/mol. The van der Waals surface area contributed by atoms with E-state index in [1.165, 1.54) is 71.0 Å². The Balaban J connectivity index is 0.000000403. The molecule has 3 nitrogen and oxygen atoms in total. The molecule has 1 aliphatic rings. The number of hydrogen-bond acceptors (Lipinski definition) is 0. The number of aromatic nitrogens is 3. The van der Waals surface area contributed by atoms with E-state index in [0.29, 0.717) is 0 Å². The van der Waals surface area contributed by atoms with Gasteiger partial charge >= 0.3 is 0 Å². The highest BCUT2D eigenvalue weighted by molar-refractivity contribution is 6.25. The summed E-state index contributed by atoms with van der Waals surface area (Å²) in [6.07, 6.45) is 19.9. The van der Waals surface area contributed by atoms with Gasteiger partial charge in [0, 0.05) is 50.2 Å². The van der Waals surface area contributed by atoms with Crippen molar-refractivity contribution in [1.29, 1.82) is 0 Å². The Hall–Kier alpha value is -6.58. The SMILES string of the molecule is C1=CC(n2ccc3c4ccc5c(c4ccc32)c2ccccc2n5-c2ccc(-n3c4ccccc4c4ccccc43)cc2)=CCC1.C=C/C=C\CC.C=CC.CC.CC.CC.